The highest BCUT2D eigenvalue weighted by atomic mass is 19.4. The van der Waals surface area contributed by atoms with E-state index in [-0.39, 0.29) is 28.7 Å². The van der Waals surface area contributed by atoms with Gasteiger partial charge in [0.2, 0.25) is 5.89 Å². The Morgan fingerprint density at radius 3 is 2.79 bits per heavy atom. The smallest absolute Gasteiger partial charge is 0.405 e. The topological polar surface area (TPSA) is 97.9 Å². The Morgan fingerprint density at radius 2 is 2.10 bits per heavy atom. The van der Waals surface area contributed by atoms with E-state index in [1.54, 1.807) is 0 Å². The van der Waals surface area contributed by atoms with Crippen LogP contribution in [0.3, 0.4) is 0 Å². The Bertz CT molecular complexity index is 1010. The summed E-state index contributed by atoms with van der Waals surface area (Å²) < 4.78 is 69.1. The van der Waals surface area contributed by atoms with Crippen LogP contribution in [0.2, 0.25) is 0 Å². The molecule has 1 amide bonds. The molecule has 8 nitrogen and oxygen atoms in total. The van der Waals surface area contributed by atoms with Gasteiger partial charge in [-0.3, -0.25) is 9.48 Å². The van der Waals surface area contributed by atoms with Gasteiger partial charge in [0.05, 0.1) is 5.69 Å². The number of carbonyl (C=O) groups excluding carboxylic acids is 1. The molecule has 13 heteroatoms. The first-order chi connectivity index (χ1) is 13.6. The lowest BCUT2D eigenvalue weighted by molar-refractivity contribution is -0.115. The van der Waals surface area contributed by atoms with Crippen molar-refractivity contribution in [2.45, 2.75) is 12.6 Å². The molecule has 3 aromatic rings. The number of rotatable bonds is 6. The second-order valence-electron chi connectivity index (χ2n) is 5.79. The van der Waals surface area contributed by atoms with Gasteiger partial charge < -0.3 is 15.1 Å². The van der Waals surface area contributed by atoms with E-state index in [9.17, 15) is 26.7 Å². The van der Waals surface area contributed by atoms with Crippen molar-refractivity contribution in [1.29, 1.82) is 0 Å². The second kappa shape index (κ2) is 7.85. The van der Waals surface area contributed by atoms with Crippen LogP contribution in [0.15, 0.2) is 35.2 Å². The number of nitrogens with one attached hydrogen (secondary N) is 2. The lowest BCUT2D eigenvalue weighted by atomic mass is 10.2. The minimum atomic E-state index is -4.42. The normalized spacial score (nSPS) is 11.7. The van der Waals surface area contributed by atoms with Crippen LogP contribution in [-0.4, -0.2) is 38.4 Å². The van der Waals surface area contributed by atoms with Crippen LogP contribution in [-0.2, 0) is 7.05 Å². The van der Waals surface area contributed by atoms with Crippen molar-refractivity contribution in [2.24, 2.45) is 7.05 Å². The molecule has 0 atom stereocenters. The number of anilines is 2. The molecule has 3 aromatic heterocycles. The molecule has 0 spiro atoms. The number of aryl methyl sites for hydroxylation is 1. The van der Waals surface area contributed by atoms with E-state index in [2.05, 4.69) is 25.7 Å². The summed E-state index contributed by atoms with van der Waals surface area (Å²) in [6, 6.07) is 2.68. The number of oxazole rings is 1. The first-order valence-electron chi connectivity index (χ1n) is 7.98. The number of hydrogen-bond donors (Lipinski definition) is 2. The number of aromatic nitrogens is 4. The van der Waals surface area contributed by atoms with Crippen molar-refractivity contribution in [2.75, 3.05) is 17.2 Å². The fraction of sp³-hybridized carbons (Fsp3) is 0.250. The fourth-order valence-electron chi connectivity index (χ4n) is 2.31. The van der Waals surface area contributed by atoms with Gasteiger partial charge in [-0.1, -0.05) is 0 Å². The van der Waals surface area contributed by atoms with E-state index in [0.29, 0.717) is 0 Å². The minimum absolute atomic E-state index is 0.0621. The summed E-state index contributed by atoms with van der Waals surface area (Å²) >= 11 is 0. The number of pyridine rings is 1. The van der Waals surface area contributed by atoms with E-state index in [0.717, 1.165) is 10.9 Å². The molecule has 3 heterocycles. The van der Waals surface area contributed by atoms with Crippen LogP contribution in [0.1, 0.15) is 22.6 Å². The van der Waals surface area contributed by atoms with Gasteiger partial charge in [-0.05, 0) is 12.1 Å². The molecule has 0 aliphatic rings. The summed E-state index contributed by atoms with van der Waals surface area (Å²) in [5, 5.41) is 7.95. The average molecular weight is 416 g/mol. The molecule has 0 fully saturated rings. The molecule has 0 aliphatic carbocycles. The Kier molecular flexibility index (Phi) is 5.48. The lowest BCUT2D eigenvalue weighted by Gasteiger charge is -2.08. The summed E-state index contributed by atoms with van der Waals surface area (Å²) in [4.78, 5) is 19.9. The predicted molar refractivity (Wildman–Crippen MR) is 90.4 cm³/mol. The second-order valence-corrected chi connectivity index (χ2v) is 5.79. The van der Waals surface area contributed by atoms with Crippen LogP contribution in [0.25, 0.3) is 11.5 Å². The van der Waals surface area contributed by atoms with Crippen molar-refractivity contribution >= 4 is 17.4 Å². The Hall–Kier alpha value is -3.51. The van der Waals surface area contributed by atoms with Gasteiger partial charge in [-0.25, -0.2) is 18.7 Å². The van der Waals surface area contributed by atoms with E-state index in [4.69, 9.17) is 4.42 Å². The molecule has 0 unspecified atom stereocenters. The van der Waals surface area contributed by atoms with Crippen LogP contribution in [0, 0.1) is 0 Å². The molecule has 0 saturated heterocycles. The minimum Gasteiger partial charge on any atom is -0.444 e. The number of amides is 1. The molecule has 0 radical (unpaired) electrons. The van der Waals surface area contributed by atoms with Gasteiger partial charge in [-0.2, -0.15) is 18.3 Å². The van der Waals surface area contributed by atoms with E-state index in [1.807, 2.05) is 0 Å². The third-order valence-corrected chi connectivity index (χ3v) is 3.53. The maximum absolute atomic E-state index is 13.0. The van der Waals surface area contributed by atoms with Crippen molar-refractivity contribution < 1.29 is 31.2 Å². The van der Waals surface area contributed by atoms with Crippen LogP contribution in [0.4, 0.5) is 33.5 Å². The molecular formula is C16H13F5N6O2. The molecule has 3 rings (SSSR count). The summed E-state index contributed by atoms with van der Waals surface area (Å²) in [6.07, 6.45) is -3.87. The molecular weight excluding hydrogens is 403 g/mol. The third-order valence-electron chi connectivity index (χ3n) is 3.53. The molecule has 2 N–H and O–H groups in total. The summed E-state index contributed by atoms with van der Waals surface area (Å²) in [6.45, 7) is -1.28. The Labute approximate surface area is 159 Å². The number of nitrogens with zero attached hydrogens (tertiary/aromatic N) is 4. The van der Waals surface area contributed by atoms with Gasteiger partial charge >= 0.3 is 6.18 Å². The maximum Gasteiger partial charge on any atom is 0.405 e. The van der Waals surface area contributed by atoms with Gasteiger partial charge in [0, 0.05) is 25.0 Å². The van der Waals surface area contributed by atoms with Crippen molar-refractivity contribution in [3.63, 3.8) is 0 Å². The molecule has 29 heavy (non-hydrogen) atoms. The molecule has 0 bridgehead atoms. The Morgan fingerprint density at radius 1 is 1.34 bits per heavy atom. The summed E-state index contributed by atoms with van der Waals surface area (Å²) in [5.74, 6) is -0.951. The predicted octanol–water partition coefficient (Wildman–Crippen LogP) is 3.63. The van der Waals surface area contributed by atoms with E-state index in [1.165, 1.54) is 31.6 Å². The molecule has 0 aliphatic heterocycles. The molecule has 154 valence electrons. The number of halogens is 5. The third kappa shape index (κ3) is 5.06. The monoisotopic (exact) mass is 416 g/mol. The zero-order valence-electron chi connectivity index (χ0n) is 14.7. The molecule has 0 aromatic carbocycles. The van der Waals surface area contributed by atoms with Crippen LogP contribution in [0.5, 0.6) is 0 Å². The van der Waals surface area contributed by atoms with E-state index < -0.39 is 30.7 Å². The van der Waals surface area contributed by atoms with Gasteiger partial charge in [-0.15, -0.1) is 0 Å². The number of carbonyl (C=O) groups is 1. The zero-order valence-corrected chi connectivity index (χ0v) is 14.7. The standard InChI is InChI=1S/C16H13F5N6O2/c1-27-5-9(12(26-27)13(17)18)24-14(28)10-6-29-15(25-10)8-2-3-22-11(4-8)23-7-16(19,20)21/h2-6,13H,7H2,1H3,(H,22,23)(H,24,28). The van der Waals surface area contributed by atoms with Crippen molar-refractivity contribution in [3.8, 4) is 11.5 Å². The average Bonchev–Trinajstić information content (AvgIpc) is 3.27. The van der Waals surface area contributed by atoms with Crippen molar-refractivity contribution in [3.05, 3.63) is 42.2 Å². The largest absolute Gasteiger partial charge is 0.444 e. The quantitative estimate of drug-likeness (QED) is 0.596. The maximum atomic E-state index is 13.0. The fourth-order valence-corrected chi connectivity index (χ4v) is 2.31. The van der Waals surface area contributed by atoms with Crippen LogP contribution < -0.4 is 10.6 Å². The van der Waals surface area contributed by atoms with Crippen LogP contribution >= 0.6 is 0 Å². The SMILES string of the molecule is Cn1cc(NC(=O)c2coc(-c3ccnc(NCC(F)(F)F)c3)n2)c(C(F)F)n1. The first-order valence-corrected chi connectivity index (χ1v) is 7.98. The van der Waals surface area contributed by atoms with Gasteiger partial charge in [0.25, 0.3) is 12.3 Å². The molecule has 0 saturated carbocycles. The van der Waals surface area contributed by atoms with Gasteiger partial charge in [0.1, 0.15) is 18.6 Å². The Balaban J connectivity index is 1.75. The summed E-state index contributed by atoms with van der Waals surface area (Å²) in [7, 11) is 1.42. The van der Waals surface area contributed by atoms with Gasteiger partial charge in [0.15, 0.2) is 11.4 Å². The highest BCUT2D eigenvalue weighted by molar-refractivity contribution is 6.03. The zero-order chi connectivity index (χ0) is 21.2. The summed E-state index contributed by atoms with van der Waals surface area (Å²) in [5.41, 5.74) is -0.734. The number of alkyl halides is 5. The van der Waals surface area contributed by atoms with E-state index >= 15 is 0 Å². The highest BCUT2D eigenvalue weighted by Crippen LogP contribution is 2.26. The highest BCUT2D eigenvalue weighted by Gasteiger charge is 2.27. The lowest BCUT2D eigenvalue weighted by Crippen LogP contribution is -2.21. The number of hydrogen-bond acceptors (Lipinski definition) is 6. The van der Waals surface area contributed by atoms with Crippen molar-refractivity contribution in [1.82, 2.24) is 19.7 Å². The first kappa shape index (κ1) is 20.2.